The van der Waals surface area contributed by atoms with Gasteiger partial charge in [-0.2, -0.15) is 0 Å². The van der Waals surface area contributed by atoms with Gasteiger partial charge in [0.25, 0.3) is 0 Å². The standard InChI is InChI=1S/C29H29Cl2N5O3/c1-33-19-27(37)35-25(14-20-8-4-2-5-9-20)28(38)34(17-22-12-13-23(30)15-24(22)31)18-26(35)36(33)29(39)32-16-21-10-6-3-7-11-21/h2-13,15,25-26H,14,16-19H2,1H3,(H,32,39)/t25-,26-/m0/s1. The van der Waals surface area contributed by atoms with Crippen LogP contribution in [0.1, 0.15) is 16.7 Å². The normalized spacial score (nSPS) is 19.7. The summed E-state index contributed by atoms with van der Waals surface area (Å²) >= 11 is 12.5. The van der Waals surface area contributed by atoms with Crippen molar-refractivity contribution < 1.29 is 14.4 Å². The number of amides is 4. The summed E-state index contributed by atoms with van der Waals surface area (Å²) in [6, 6.07) is 23.2. The van der Waals surface area contributed by atoms with Gasteiger partial charge < -0.3 is 15.1 Å². The molecule has 2 atom stereocenters. The molecule has 3 aromatic carbocycles. The lowest BCUT2D eigenvalue weighted by atomic mass is 9.98. The Bertz CT molecular complexity index is 1360. The van der Waals surface area contributed by atoms with E-state index in [0.29, 0.717) is 23.0 Å². The number of nitrogens with zero attached hydrogens (tertiary/aromatic N) is 4. The number of nitrogens with one attached hydrogen (secondary N) is 1. The van der Waals surface area contributed by atoms with Gasteiger partial charge in [0.15, 0.2) is 0 Å². The first-order valence-electron chi connectivity index (χ1n) is 12.7. The van der Waals surface area contributed by atoms with Crippen LogP contribution in [0, 0.1) is 0 Å². The van der Waals surface area contributed by atoms with Crippen molar-refractivity contribution in [3.05, 3.63) is 106 Å². The van der Waals surface area contributed by atoms with Crippen LogP contribution >= 0.6 is 23.2 Å². The highest BCUT2D eigenvalue weighted by atomic mass is 35.5. The fourth-order valence-corrected chi connectivity index (χ4v) is 5.66. The van der Waals surface area contributed by atoms with Crippen molar-refractivity contribution in [2.75, 3.05) is 20.1 Å². The Labute approximate surface area is 237 Å². The Kier molecular flexibility index (Phi) is 8.07. The molecule has 0 bridgehead atoms. The molecule has 202 valence electrons. The summed E-state index contributed by atoms with van der Waals surface area (Å²) in [7, 11) is 1.71. The number of rotatable bonds is 6. The second kappa shape index (κ2) is 11.7. The predicted molar refractivity (Wildman–Crippen MR) is 150 cm³/mol. The minimum absolute atomic E-state index is 0.0170. The van der Waals surface area contributed by atoms with Gasteiger partial charge >= 0.3 is 6.03 Å². The number of benzene rings is 3. The van der Waals surface area contributed by atoms with Gasteiger partial charge in [-0.3, -0.25) is 9.59 Å². The van der Waals surface area contributed by atoms with E-state index in [1.165, 1.54) is 0 Å². The predicted octanol–water partition coefficient (Wildman–Crippen LogP) is 4.17. The zero-order valence-electron chi connectivity index (χ0n) is 21.5. The summed E-state index contributed by atoms with van der Waals surface area (Å²) < 4.78 is 0. The summed E-state index contributed by atoms with van der Waals surface area (Å²) in [6.45, 7) is 0.678. The van der Waals surface area contributed by atoms with Crippen LogP contribution in [-0.2, 0) is 29.1 Å². The number of carbonyl (C=O) groups is 3. The molecule has 2 fully saturated rings. The molecule has 0 saturated carbocycles. The molecule has 0 aliphatic carbocycles. The maximum absolute atomic E-state index is 13.9. The van der Waals surface area contributed by atoms with Crippen molar-refractivity contribution in [2.24, 2.45) is 0 Å². The van der Waals surface area contributed by atoms with Gasteiger partial charge in [-0.15, -0.1) is 0 Å². The third-order valence-corrected chi connectivity index (χ3v) is 7.67. The molecule has 5 rings (SSSR count). The summed E-state index contributed by atoms with van der Waals surface area (Å²) in [4.78, 5) is 44.1. The fourth-order valence-electron chi connectivity index (χ4n) is 5.19. The molecule has 10 heteroatoms. The van der Waals surface area contributed by atoms with Crippen molar-refractivity contribution >= 4 is 41.0 Å². The summed E-state index contributed by atoms with van der Waals surface area (Å²) in [5.41, 5.74) is 2.61. The average molecular weight is 566 g/mol. The van der Waals surface area contributed by atoms with Crippen molar-refractivity contribution in [3.63, 3.8) is 0 Å². The molecular formula is C29H29Cl2N5O3. The van der Waals surface area contributed by atoms with Crippen LogP contribution < -0.4 is 5.32 Å². The second-order valence-corrected chi connectivity index (χ2v) is 10.6. The van der Waals surface area contributed by atoms with E-state index < -0.39 is 12.2 Å². The highest BCUT2D eigenvalue weighted by molar-refractivity contribution is 6.35. The van der Waals surface area contributed by atoms with Gasteiger partial charge in [-0.1, -0.05) is 89.9 Å². The highest BCUT2D eigenvalue weighted by Crippen LogP contribution is 2.30. The second-order valence-electron chi connectivity index (χ2n) is 9.75. The van der Waals surface area contributed by atoms with Crippen LogP contribution in [0.4, 0.5) is 4.79 Å². The Morgan fingerprint density at radius 2 is 1.62 bits per heavy atom. The molecule has 3 aromatic rings. The van der Waals surface area contributed by atoms with E-state index in [1.54, 1.807) is 45.1 Å². The van der Waals surface area contributed by atoms with E-state index in [9.17, 15) is 14.4 Å². The largest absolute Gasteiger partial charge is 0.334 e. The quantitative estimate of drug-likeness (QED) is 0.486. The zero-order valence-corrected chi connectivity index (χ0v) is 23.0. The van der Waals surface area contributed by atoms with E-state index in [-0.39, 0.29) is 37.5 Å². The molecule has 8 nitrogen and oxygen atoms in total. The Morgan fingerprint density at radius 1 is 0.949 bits per heavy atom. The number of urea groups is 1. The first kappa shape index (κ1) is 27.0. The summed E-state index contributed by atoms with van der Waals surface area (Å²) in [5.74, 6) is -0.392. The number of hydrogen-bond donors (Lipinski definition) is 1. The van der Waals surface area contributed by atoms with Crippen LogP contribution in [-0.4, -0.2) is 70.0 Å². The molecule has 4 amide bonds. The SMILES string of the molecule is CN1CC(=O)N2[C@@H](Cc3ccccc3)C(=O)N(Cc3ccc(Cl)cc3Cl)C[C@@H]2N1C(=O)NCc1ccccc1. The molecule has 0 radical (unpaired) electrons. The van der Waals surface area contributed by atoms with E-state index in [0.717, 1.165) is 16.7 Å². The van der Waals surface area contributed by atoms with Crippen molar-refractivity contribution in [1.29, 1.82) is 0 Å². The molecule has 2 aliphatic heterocycles. The lowest BCUT2D eigenvalue weighted by Gasteiger charge is -2.54. The lowest BCUT2D eigenvalue weighted by molar-refractivity contribution is -0.187. The van der Waals surface area contributed by atoms with Crippen LogP contribution in [0.5, 0.6) is 0 Å². The smallest absolute Gasteiger partial charge is 0.333 e. The molecule has 0 unspecified atom stereocenters. The number of carbonyl (C=O) groups excluding carboxylic acids is 3. The fraction of sp³-hybridized carbons (Fsp3) is 0.276. The maximum atomic E-state index is 13.9. The van der Waals surface area contributed by atoms with Crippen molar-refractivity contribution in [1.82, 2.24) is 25.1 Å². The molecule has 2 heterocycles. The van der Waals surface area contributed by atoms with Crippen molar-refractivity contribution in [3.8, 4) is 0 Å². The summed E-state index contributed by atoms with van der Waals surface area (Å²) in [5, 5.41) is 7.09. The first-order chi connectivity index (χ1) is 18.8. The first-order valence-corrected chi connectivity index (χ1v) is 13.5. The van der Waals surface area contributed by atoms with Gasteiger partial charge in [0.05, 0.1) is 13.1 Å². The van der Waals surface area contributed by atoms with Gasteiger partial charge in [0.2, 0.25) is 11.8 Å². The number of halogens is 2. The Hall–Kier alpha value is -3.59. The molecule has 0 aromatic heterocycles. The lowest BCUT2D eigenvalue weighted by Crippen LogP contribution is -2.76. The molecular weight excluding hydrogens is 537 g/mol. The summed E-state index contributed by atoms with van der Waals surface area (Å²) in [6.07, 6.45) is -0.361. The Balaban J connectivity index is 1.46. The van der Waals surface area contributed by atoms with E-state index >= 15 is 0 Å². The minimum atomic E-state index is -0.775. The van der Waals surface area contributed by atoms with Gasteiger partial charge in [0.1, 0.15) is 12.2 Å². The Morgan fingerprint density at radius 3 is 2.28 bits per heavy atom. The molecule has 0 spiro atoms. The average Bonchev–Trinajstić information content (AvgIpc) is 2.92. The van der Waals surface area contributed by atoms with E-state index in [1.807, 2.05) is 60.7 Å². The number of hydrogen-bond acceptors (Lipinski definition) is 4. The number of hydrazine groups is 1. The monoisotopic (exact) mass is 565 g/mol. The van der Waals surface area contributed by atoms with Crippen LogP contribution in [0.15, 0.2) is 78.9 Å². The zero-order chi connectivity index (χ0) is 27.5. The number of likely N-dealkylation sites (N-methyl/N-ethyl adjacent to an activating group) is 1. The van der Waals surface area contributed by atoms with E-state index in [4.69, 9.17) is 23.2 Å². The van der Waals surface area contributed by atoms with Gasteiger partial charge in [0, 0.05) is 36.6 Å². The van der Waals surface area contributed by atoms with E-state index in [2.05, 4.69) is 5.32 Å². The van der Waals surface area contributed by atoms with Gasteiger partial charge in [-0.05, 0) is 28.8 Å². The minimum Gasteiger partial charge on any atom is -0.333 e. The van der Waals surface area contributed by atoms with Crippen LogP contribution in [0.3, 0.4) is 0 Å². The van der Waals surface area contributed by atoms with Gasteiger partial charge in [-0.25, -0.2) is 14.8 Å². The molecule has 1 N–H and O–H groups in total. The molecule has 2 saturated heterocycles. The maximum Gasteiger partial charge on any atom is 0.334 e. The van der Waals surface area contributed by atoms with Crippen molar-refractivity contribution in [2.45, 2.75) is 31.7 Å². The molecule has 2 aliphatic rings. The van der Waals surface area contributed by atoms with Crippen LogP contribution in [0.25, 0.3) is 0 Å². The number of piperazine rings is 1. The van der Waals surface area contributed by atoms with Crippen LogP contribution in [0.2, 0.25) is 10.0 Å². The third-order valence-electron chi connectivity index (χ3n) is 7.08. The third kappa shape index (κ3) is 5.88. The molecule has 39 heavy (non-hydrogen) atoms. The number of fused-ring (bicyclic) bond motifs is 1. The topological polar surface area (TPSA) is 76.2 Å². The highest BCUT2D eigenvalue weighted by Gasteiger charge is 2.50.